The van der Waals surface area contributed by atoms with Crippen LogP contribution in [-0.2, 0) is 22.6 Å². The van der Waals surface area contributed by atoms with E-state index < -0.39 is 11.7 Å². The molecule has 0 fully saturated rings. The lowest BCUT2D eigenvalue weighted by Gasteiger charge is -2.17. The molecule has 0 unspecified atom stereocenters. The third-order valence-electron chi connectivity index (χ3n) is 4.07. The van der Waals surface area contributed by atoms with Crippen LogP contribution >= 0.6 is 0 Å². The van der Waals surface area contributed by atoms with Crippen LogP contribution in [0, 0.1) is 0 Å². The van der Waals surface area contributed by atoms with Gasteiger partial charge in [0.25, 0.3) is 0 Å². The van der Waals surface area contributed by atoms with Crippen molar-refractivity contribution >= 4 is 23.0 Å². The maximum Gasteiger partial charge on any atom is 0.420 e. The summed E-state index contributed by atoms with van der Waals surface area (Å²) in [7, 11) is 2.95. The Morgan fingerprint density at radius 1 is 1.15 bits per heavy atom. The molecular formula is C19H18N2O5. The van der Waals surface area contributed by atoms with Gasteiger partial charge in [-0.3, -0.25) is 9.36 Å². The van der Waals surface area contributed by atoms with Crippen molar-refractivity contribution in [2.75, 3.05) is 14.2 Å². The van der Waals surface area contributed by atoms with Crippen LogP contribution in [0.3, 0.4) is 0 Å². The van der Waals surface area contributed by atoms with E-state index in [0.29, 0.717) is 12.1 Å². The molecule has 7 heteroatoms. The predicted octanol–water partition coefficient (Wildman–Crippen LogP) is 2.04. The SMILES string of the molecule is COC(=O)c1ccc2c(c1)oc(=O)n2CC(=O)N(C)Cc1ccccc1. The minimum atomic E-state index is -0.650. The van der Waals surface area contributed by atoms with E-state index in [4.69, 9.17) is 4.42 Å². The van der Waals surface area contributed by atoms with Gasteiger partial charge in [0.05, 0.1) is 18.2 Å². The van der Waals surface area contributed by atoms with Crippen LogP contribution in [0.15, 0.2) is 57.7 Å². The maximum absolute atomic E-state index is 12.5. The molecule has 1 aromatic heterocycles. The van der Waals surface area contributed by atoms with Gasteiger partial charge in [-0.05, 0) is 23.8 Å². The molecule has 0 saturated carbocycles. The summed E-state index contributed by atoms with van der Waals surface area (Å²) in [6, 6.07) is 14.1. The van der Waals surface area contributed by atoms with Crippen molar-refractivity contribution in [1.82, 2.24) is 9.47 Å². The first kappa shape index (κ1) is 17.5. The van der Waals surface area contributed by atoms with E-state index >= 15 is 0 Å². The van der Waals surface area contributed by atoms with Gasteiger partial charge in [0.1, 0.15) is 6.54 Å². The first-order chi connectivity index (χ1) is 12.5. The van der Waals surface area contributed by atoms with Crippen LogP contribution in [0.1, 0.15) is 15.9 Å². The lowest BCUT2D eigenvalue weighted by Crippen LogP contribution is -2.32. The van der Waals surface area contributed by atoms with Crippen LogP contribution in [0.5, 0.6) is 0 Å². The molecule has 3 aromatic rings. The van der Waals surface area contributed by atoms with Crippen molar-refractivity contribution in [1.29, 1.82) is 0 Å². The number of fused-ring (bicyclic) bond motifs is 1. The fourth-order valence-corrected chi connectivity index (χ4v) is 2.66. The highest BCUT2D eigenvalue weighted by molar-refractivity contribution is 5.93. The summed E-state index contributed by atoms with van der Waals surface area (Å²) in [5.74, 6) is -1.40. The minimum Gasteiger partial charge on any atom is -0.465 e. The summed E-state index contributed by atoms with van der Waals surface area (Å²) in [5.41, 5.74) is 1.95. The van der Waals surface area contributed by atoms with Gasteiger partial charge in [-0.1, -0.05) is 30.3 Å². The molecule has 0 aliphatic carbocycles. The average molecular weight is 354 g/mol. The van der Waals surface area contributed by atoms with Crippen molar-refractivity contribution in [3.63, 3.8) is 0 Å². The smallest absolute Gasteiger partial charge is 0.420 e. The molecule has 0 aliphatic heterocycles. The number of carbonyl (C=O) groups excluding carboxylic acids is 2. The number of oxazole rings is 1. The quantitative estimate of drug-likeness (QED) is 0.655. The summed E-state index contributed by atoms with van der Waals surface area (Å²) < 4.78 is 11.1. The Balaban J connectivity index is 1.81. The largest absolute Gasteiger partial charge is 0.465 e. The van der Waals surface area contributed by atoms with E-state index in [9.17, 15) is 14.4 Å². The molecule has 0 atom stereocenters. The van der Waals surface area contributed by atoms with E-state index in [-0.39, 0.29) is 23.6 Å². The lowest BCUT2D eigenvalue weighted by molar-refractivity contribution is -0.131. The molecule has 0 bridgehead atoms. The highest BCUT2D eigenvalue weighted by Gasteiger charge is 2.17. The number of likely N-dealkylation sites (N-methyl/N-ethyl adjacent to an activating group) is 1. The molecule has 7 nitrogen and oxygen atoms in total. The van der Waals surface area contributed by atoms with Crippen molar-refractivity contribution < 1.29 is 18.7 Å². The molecule has 0 aliphatic rings. The Bertz CT molecular complexity index is 1000. The summed E-state index contributed by atoms with van der Waals surface area (Å²) >= 11 is 0. The topological polar surface area (TPSA) is 81.7 Å². The van der Waals surface area contributed by atoms with Crippen molar-refractivity contribution in [2.45, 2.75) is 13.1 Å². The average Bonchev–Trinajstić information content (AvgIpc) is 2.96. The maximum atomic E-state index is 12.5. The van der Waals surface area contributed by atoms with E-state index in [0.717, 1.165) is 5.56 Å². The second-order valence-electron chi connectivity index (χ2n) is 5.86. The molecule has 134 valence electrons. The number of methoxy groups -OCH3 is 1. The second-order valence-corrected chi connectivity index (χ2v) is 5.86. The summed E-state index contributed by atoms with van der Waals surface area (Å²) in [5, 5.41) is 0. The molecule has 1 amide bonds. The lowest BCUT2D eigenvalue weighted by atomic mass is 10.2. The first-order valence-corrected chi connectivity index (χ1v) is 7.99. The van der Waals surface area contributed by atoms with Crippen LogP contribution in [0.2, 0.25) is 0 Å². The molecule has 26 heavy (non-hydrogen) atoms. The normalized spacial score (nSPS) is 10.7. The Kier molecular flexibility index (Phi) is 4.88. The van der Waals surface area contributed by atoms with Gasteiger partial charge in [0, 0.05) is 13.6 Å². The van der Waals surface area contributed by atoms with Gasteiger partial charge in [-0.25, -0.2) is 9.59 Å². The van der Waals surface area contributed by atoms with Crippen LogP contribution in [-0.4, -0.2) is 35.5 Å². The second kappa shape index (κ2) is 7.26. The Labute approximate surface area is 149 Å². The standard InChI is InChI=1S/C19H18N2O5/c1-20(11-13-6-4-3-5-7-13)17(22)12-21-15-9-8-14(18(23)25-2)10-16(15)26-19(21)24/h3-10H,11-12H2,1-2H3. The van der Waals surface area contributed by atoms with E-state index in [1.54, 1.807) is 18.0 Å². The van der Waals surface area contributed by atoms with Gasteiger partial charge in [-0.2, -0.15) is 0 Å². The van der Waals surface area contributed by atoms with Crippen molar-refractivity contribution in [3.8, 4) is 0 Å². The molecule has 1 heterocycles. The number of hydrogen-bond acceptors (Lipinski definition) is 5. The number of ether oxygens (including phenoxy) is 1. The van der Waals surface area contributed by atoms with Gasteiger partial charge in [0.15, 0.2) is 5.58 Å². The number of carbonyl (C=O) groups is 2. The Morgan fingerprint density at radius 2 is 1.88 bits per heavy atom. The van der Waals surface area contributed by atoms with Crippen LogP contribution in [0.4, 0.5) is 0 Å². The summed E-state index contributed by atoms with van der Waals surface area (Å²) in [6.45, 7) is 0.295. The Hall–Kier alpha value is -3.35. The minimum absolute atomic E-state index is 0.146. The van der Waals surface area contributed by atoms with Crippen LogP contribution < -0.4 is 5.76 Å². The monoisotopic (exact) mass is 354 g/mol. The fourth-order valence-electron chi connectivity index (χ4n) is 2.66. The number of hydrogen-bond donors (Lipinski definition) is 0. The number of amides is 1. The molecular weight excluding hydrogens is 336 g/mol. The van der Waals surface area contributed by atoms with E-state index in [2.05, 4.69) is 4.74 Å². The number of nitrogens with zero attached hydrogens (tertiary/aromatic N) is 2. The molecule has 0 N–H and O–H groups in total. The molecule has 3 rings (SSSR count). The number of benzene rings is 2. The van der Waals surface area contributed by atoms with E-state index in [1.807, 2.05) is 30.3 Å². The van der Waals surface area contributed by atoms with Gasteiger partial charge < -0.3 is 14.1 Å². The summed E-state index contributed by atoms with van der Waals surface area (Å²) in [4.78, 5) is 37.7. The number of aromatic nitrogens is 1. The fraction of sp³-hybridized carbons (Fsp3) is 0.211. The summed E-state index contributed by atoms with van der Waals surface area (Å²) in [6.07, 6.45) is 0. The highest BCUT2D eigenvalue weighted by Crippen LogP contribution is 2.16. The number of rotatable bonds is 5. The zero-order valence-corrected chi connectivity index (χ0v) is 14.5. The first-order valence-electron chi connectivity index (χ1n) is 7.99. The third-order valence-corrected chi connectivity index (χ3v) is 4.07. The highest BCUT2D eigenvalue weighted by atomic mass is 16.5. The molecule has 0 radical (unpaired) electrons. The molecule has 0 spiro atoms. The molecule has 0 saturated heterocycles. The molecule has 2 aromatic carbocycles. The predicted molar refractivity (Wildman–Crippen MR) is 94.7 cm³/mol. The third kappa shape index (κ3) is 3.51. The van der Waals surface area contributed by atoms with E-state index in [1.165, 1.54) is 23.8 Å². The zero-order valence-electron chi connectivity index (χ0n) is 14.5. The van der Waals surface area contributed by atoms with Gasteiger partial charge in [-0.15, -0.1) is 0 Å². The van der Waals surface area contributed by atoms with Crippen LogP contribution in [0.25, 0.3) is 11.1 Å². The zero-order chi connectivity index (χ0) is 18.7. The van der Waals surface area contributed by atoms with Gasteiger partial charge >= 0.3 is 11.7 Å². The number of esters is 1. The van der Waals surface area contributed by atoms with Crippen molar-refractivity contribution in [3.05, 3.63) is 70.2 Å². The van der Waals surface area contributed by atoms with Gasteiger partial charge in [0.2, 0.25) is 5.91 Å². The van der Waals surface area contributed by atoms with Crippen molar-refractivity contribution in [2.24, 2.45) is 0 Å². The Morgan fingerprint density at radius 3 is 2.58 bits per heavy atom.